The molecule has 1 aliphatic heterocycles. The van der Waals surface area contributed by atoms with Gasteiger partial charge in [0.2, 0.25) is 15.9 Å². The molecule has 1 saturated heterocycles. The molecule has 0 aromatic heterocycles. The second-order valence-corrected chi connectivity index (χ2v) is 9.81. The van der Waals surface area contributed by atoms with Crippen LogP contribution in [0.2, 0.25) is 5.02 Å². The van der Waals surface area contributed by atoms with Gasteiger partial charge in [-0.2, -0.15) is 4.31 Å². The number of nitrogens with one attached hydrogen (secondary N) is 1. The van der Waals surface area contributed by atoms with Crippen molar-refractivity contribution in [2.75, 3.05) is 19.7 Å². The Morgan fingerprint density at radius 1 is 1.38 bits per heavy atom. The van der Waals surface area contributed by atoms with Gasteiger partial charge in [0.15, 0.2) is 0 Å². The van der Waals surface area contributed by atoms with Gasteiger partial charge < -0.3 is 10.1 Å². The molecule has 8 heteroatoms. The Balaban J connectivity index is 2.26. The van der Waals surface area contributed by atoms with Gasteiger partial charge in [0.1, 0.15) is 10.6 Å². The third-order valence-electron chi connectivity index (χ3n) is 4.08. The van der Waals surface area contributed by atoms with Crippen LogP contribution in [0.5, 0.6) is 5.75 Å². The molecule has 0 saturated carbocycles. The zero-order chi connectivity index (χ0) is 19.5. The van der Waals surface area contributed by atoms with Crippen molar-refractivity contribution < 1.29 is 17.9 Å². The summed E-state index contributed by atoms with van der Waals surface area (Å²) >= 11 is 6.01. The second-order valence-electron chi connectivity index (χ2n) is 7.47. The van der Waals surface area contributed by atoms with E-state index < -0.39 is 10.0 Å². The first-order valence-corrected chi connectivity index (χ1v) is 10.6. The Bertz CT molecular complexity index is 759. The SMILES string of the molecule is CCOc1ccc(Cl)cc1S(=O)(=O)N1CCC[C@H](C(=O)NC(C)(C)C)C1. The van der Waals surface area contributed by atoms with Gasteiger partial charge in [-0.25, -0.2) is 8.42 Å². The Morgan fingerprint density at radius 2 is 2.08 bits per heavy atom. The van der Waals surface area contributed by atoms with E-state index in [1.165, 1.54) is 10.4 Å². The Labute approximate surface area is 160 Å². The van der Waals surface area contributed by atoms with Crippen molar-refractivity contribution in [3.8, 4) is 5.75 Å². The van der Waals surface area contributed by atoms with Crippen molar-refractivity contribution in [2.45, 2.75) is 51.0 Å². The van der Waals surface area contributed by atoms with Crippen molar-refractivity contribution in [3.05, 3.63) is 23.2 Å². The molecule has 0 radical (unpaired) electrons. The number of benzene rings is 1. The van der Waals surface area contributed by atoms with E-state index in [0.717, 1.165) is 0 Å². The van der Waals surface area contributed by atoms with Crippen molar-refractivity contribution in [2.24, 2.45) is 5.92 Å². The maximum Gasteiger partial charge on any atom is 0.246 e. The summed E-state index contributed by atoms with van der Waals surface area (Å²) in [6.45, 7) is 8.38. The molecule has 1 aromatic carbocycles. The van der Waals surface area contributed by atoms with E-state index in [1.807, 2.05) is 20.8 Å². The molecule has 1 atom stereocenters. The number of hydrogen-bond acceptors (Lipinski definition) is 4. The minimum atomic E-state index is -3.80. The number of carbonyl (C=O) groups excluding carboxylic acids is 1. The fourth-order valence-corrected chi connectivity index (χ4v) is 4.86. The fourth-order valence-electron chi connectivity index (χ4n) is 2.94. The molecule has 1 amide bonds. The minimum Gasteiger partial charge on any atom is -0.492 e. The summed E-state index contributed by atoms with van der Waals surface area (Å²) in [5.41, 5.74) is -0.354. The molecule has 1 fully saturated rings. The molecule has 1 heterocycles. The predicted molar refractivity (Wildman–Crippen MR) is 102 cm³/mol. The topological polar surface area (TPSA) is 75.7 Å². The first kappa shape index (κ1) is 21.0. The van der Waals surface area contributed by atoms with Crippen LogP contribution in [0.15, 0.2) is 23.1 Å². The van der Waals surface area contributed by atoms with Gasteiger partial charge in [0.25, 0.3) is 0 Å². The van der Waals surface area contributed by atoms with Crippen LogP contribution in [0.4, 0.5) is 0 Å². The first-order valence-electron chi connectivity index (χ1n) is 8.79. The molecule has 2 rings (SSSR count). The van der Waals surface area contributed by atoms with Crippen LogP contribution < -0.4 is 10.1 Å². The summed E-state index contributed by atoms with van der Waals surface area (Å²) in [4.78, 5) is 12.5. The Morgan fingerprint density at radius 3 is 2.69 bits per heavy atom. The predicted octanol–water partition coefficient (Wildman–Crippen LogP) is 3.05. The largest absolute Gasteiger partial charge is 0.492 e. The van der Waals surface area contributed by atoms with E-state index >= 15 is 0 Å². The number of halogens is 1. The van der Waals surface area contributed by atoms with Gasteiger partial charge in [-0.15, -0.1) is 0 Å². The van der Waals surface area contributed by atoms with Crippen LogP contribution in [-0.2, 0) is 14.8 Å². The molecule has 0 aliphatic carbocycles. The zero-order valence-electron chi connectivity index (χ0n) is 15.7. The van der Waals surface area contributed by atoms with Crippen LogP contribution in [0.25, 0.3) is 0 Å². The molecule has 146 valence electrons. The second kappa shape index (κ2) is 8.15. The van der Waals surface area contributed by atoms with E-state index in [0.29, 0.717) is 31.0 Å². The quantitative estimate of drug-likeness (QED) is 0.821. The number of piperidine rings is 1. The standard InChI is InChI=1S/C18H27ClN2O4S/c1-5-25-15-9-8-14(19)11-16(15)26(23,24)21-10-6-7-13(12-21)17(22)20-18(2,3)4/h8-9,11,13H,5-7,10,12H2,1-4H3,(H,20,22)/t13-/m0/s1. The summed E-state index contributed by atoms with van der Waals surface area (Å²) in [6, 6.07) is 4.56. The van der Waals surface area contributed by atoms with Crippen molar-refractivity contribution >= 4 is 27.5 Å². The summed E-state index contributed by atoms with van der Waals surface area (Å²) in [5.74, 6) is -0.209. The zero-order valence-corrected chi connectivity index (χ0v) is 17.3. The van der Waals surface area contributed by atoms with Crippen LogP contribution >= 0.6 is 11.6 Å². The number of sulfonamides is 1. The van der Waals surface area contributed by atoms with Crippen LogP contribution in [0.3, 0.4) is 0 Å². The Kier molecular flexibility index (Phi) is 6.58. The van der Waals surface area contributed by atoms with Gasteiger partial charge in [0.05, 0.1) is 12.5 Å². The average Bonchev–Trinajstić information content (AvgIpc) is 2.55. The highest BCUT2D eigenvalue weighted by Gasteiger charge is 2.35. The number of ether oxygens (including phenoxy) is 1. The number of rotatable bonds is 5. The van der Waals surface area contributed by atoms with Gasteiger partial charge in [-0.3, -0.25) is 4.79 Å². The van der Waals surface area contributed by atoms with Crippen molar-refractivity contribution in [1.82, 2.24) is 9.62 Å². The van der Waals surface area contributed by atoms with Gasteiger partial charge in [0, 0.05) is 23.7 Å². The van der Waals surface area contributed by atoms with Gasteiger partial charge in [-0.05, 0) is 58.7 Å². The lowest BCUT2D eigenvalue weighted by Crippen LogP contribution is -2.49. The molecule has 1 aromatic rings. The monoisotopic (exact) mass is 402 g/mol. The molecule has 6 nitrogen and oxygen atoms in total. The first-order chi connectivity index (χ1) is 12.0. The number of carbonyl (C=O) groups is 1. The van der Waals surface area contributed by atoms with E-state index in [9.17, 15) is 13.2 Å². The maximum absolute atomic E-state index is 13.1. The number of hydrogen-bond donors (Lipinski definition) is 1. The van der Waals surface area contributed by atoms with E-state index in [-0.39, 0.29) is 34.6 Å². The highest BCUT2D eigenvalue weighted by atomic mass is 35.5. The maximum atomic E-state index is 13.1. The molecular formula is C18H27ClN2O4S. The molecule has 1 N–H and O–H groups in total. The van der Waals surface area contributed by atoms with Crippen LogP contribution in [-0.4, -0.2) is 43.9 Å². The average molecular weight is 403 g/mol. The van der Waals surface area contributed by atoms with Gasteiger partial charge >= 0.3 is 0 Å². The van der Waals surface area contributed by atoms with Crippen LogP contribution in [0.1, 0.15) is 40.5 Å². The lowest BCUT2D eigenvalue weighted by atomic mass is 9.97. The smallest absolute Gasteiger partial charge is 0.246 e. The summed E-state index contributed by atoms with van der Waals surface area (Å²) in [5, 5.41) is 3.26. The van der Waals surface area contributed by atoms with Crippen molar-refractivity contribution in [3.63, 3.8) is 0 Å². The molecule has 0 spiro atoms. The van der Waals surface area contributed by atoms with E-state index in [2.05, 4.69) is 5.32 Å². The van der Waals surface area contributed by atoms with Crippen LogP contribution in [0, 0.1) is 5.92 Å². The summed E-state index contributed by atoms with van der Waals surface area (Å²) < 4.78 is 33.1. The van der Waals surface area contributed by atoms with E-state index in [4.69, 9.17) is 16.3 Å². The normalized spacial score (nSPS) is 19.2. The number of amides is 1. The van der Waals surface area contributed by atoms with Gasteiger partial charge in [-0.1, -0.05) is 11.6 Å². The molecule has 0 bridgehead atoms. The highest BCUT2D eigenvalue weighted by molar-refractivity contribution is 7.89. The molecule has 0 unspecified atom stereocenters. The number of nitrogens with zero attached hydrogens (tertiary/aromatic N) is 1. The lowest BCUT2D eigenvalue weighted by molar-refractivity contribution is -0.127. The Hall–Kier alpha value is -1.31. The summed E-state index contributed by atoms with van der Waals surface area (Å²) in [7, 11) is -3.80. The molecular weight excluding hydrogens is 376 g/mol. The van der Waals surface area contributed by atoms with E-state index in [1.54, 1.807) is 19.1 Å². The minimum absolute atomic E-state index is 0.0451. The molecule has 1 aliphatic rings. The third-order valence-corrected chi connectivity index (χ3v) is 6.20. The molecule has 26 heavy (non-hydrogen) atoms. The lowest BCUT2D eigenvalue weighted by Gasteiger charge is -2.33. The summed E-state index contributed by atoms with van der Waals surface area (Å²) in [6.07, 6.45) is 1.30. The third kappa shape index (κ3) is 5.11. The van der Waals surface area contributed by atoms with Crippen molar-refractivity contribution in [1.29, 1.82) is 0 Å². The highest BCUT2D eigenvalue weighted by Crippen LogP contribution is 2.32. The fraction of sp³-hybridized carbons (Fsp3) is 0.611.